The Morgan fingerprint density at radius 1 is 1.37 bits per heavy atom. The number of carbonyl (C=O) groups is 2. The monoisotopic (exact) mass is 269 g/mol. The molecule has 1 heterocycles. The third-order valence-electron chi connectivity index (χ3n) is 4.33. The molecule has 6 heteroatoms. The lowest BCUT2D eigenvalue weighted by atomic mass is 9.93. The van der Waals surface area contributed by atoms with Gasteiger partial charge >= 0.3 is 12.0 Å². The average Bonchev–Trinajstić information content (AvgIpc) is 2.97. The Balaban J connectivity index is 1.94. The van der Waals surface area contributed by atoms with E-state index >= 15 is 0 Å². The number of hydrogen-bond acceptors (Lipinski definition) is 3. The summed E-state index contributed by atoms with van der Waals surface area (Å²) in [6, 6.07) is -0.126. The van der Waals surface area contributed by atoms with Gasteiger partial charge in [0, 0.05) is 13.1 Å². The van der Waals surface area contributed by atoms with Crippen molar-refractivity contribution in [3.8, 4) is 0 Å². The molecule has 0 bridgehead atoms. The van der Waals surface area contributed by atoms with Crippen LogP contribution < -0.4 is 11.1 Å². The molecule has 1 saturated carbocycles. The number of nitrogens with zero attached hydrogens (tertiary/aromatic N) is 1. The van der Waals surface area contributed by atoms with Gasteiger partial charge in [-0.05, 0) is 31.7 Å². The summed E-state index contributed by atoms with van der Waals surface area (Å²) in [7, 11) is 0. The molecule has 0 spiro atoms. The number of carboxylic acids is 1. The summed E-state index contributed by atoms with van der Waals surface area (Å²) in [6.45, 7) is 2.01. The van der Waals surface area contributed by atoms with Crippen LogP contribution in [-0.4, -0.2) is 47.2 Å². The molecule has 4 N–H and O–H groups in total. The molecule has 0 aromatic carbocycles. The van der Waals surface area contributed by atoms with Crippen molar-refractivity contribution in [2.24, 2.45) is 11.7 Å². The van der Waals surface area contributed by atoms with Crippen molar-refractivity contribution in [2.75, 3.05) is 19.6 Å². The predicted molar refractivity (Wildman–Crippen MR) is 70.7 cm³/mol. The van der Waals surface area contributed by atoms with Crippen molar-refractivity contribution in [2.45, 2.75) is 44.1 Å². The standard InChI is InChI=1S/C13H23N3O3/c14-8-10-3-6-16(9-10)12(19)15-13(7-11(17)18)4-1-2-5-13/h10H,1-9,14H2,(H,15,19)(H,17,18). The van der Waals surface area contributed by atoms with E-state index in [1.807, 2.05) is 0 Å². The number of likely N-dealkylation sites (tertiary alicyclic amines) is 1. The van der Waals surface area contributed by atoms with Crippen LogP contribution in [0.5, 0.6) is 0 Å². The average molecular weight is 269 g/mol. The molecule has 2 amide bonds. The maximum Gasteiger partial charge on any atom is 0.317 e. The van der Waals surface area contributed by atoms with Gasteiger partial charge in [-0.2, -0.15) is 0 Å². The highest BCUT2D eigenvalue weighted by Crippen LogP contribution is 2.33. The first-order valence-electron chi connectivity index (χ1n) is 7.04. The quantitative estimate of drug-likeness (QED) is 0.702. The Morgan fingerprint density at radius 3 is 2.58 bits per heavy atom. The van der Waals surface area contributed by atoms with Crippen LogP contribution in [0, 0.1) is 5.92 Å². The summed E-state index contributed by atoms with van der Waals surface area (Å²) < 4.78 is 0. The van der Waals surface area contributed by atoms with E-state index in [4.69, 9.17) is 10.8 Å². The zero-order chi connectivity index (χ0) is 13.9. The van der Waals surface area contributed by atoms with Crippen molar-refractivity contribution in [1.82, 2.24) is 10.2 Å². The van der Waals surface area contributed by atoms with Gasteiger partial charge in [0.1, 0.15) is 0 Å². The maximum atomic E-state index is 12.2. The summed E-state index contributed by atoms with van der Waals surface area (Å²) >= 11 is 0. The molecule has 2 rings (SSSR count). The van der Waals surface area contributed by atoms with Crippen LogP contribution in [-0.2, 0) is 4.79 Å². The van der Waals surface area contributed by atoms with Gasteiger partial charge in [-0.3, -0.25) is 4.79 Å². The first-order valence-corrected chi connectivity index (χ1v) is 7.04. The normalized spacial score (nSPS) is 25.5. The minimum atomic E-state index is -0.844. The topological polar surface area (TPSA) is 95.7 Å². The van der Waals surface area contributed by atoms with Crippen molar-refractivity contribution in [3.05, 3.63) is 0 Å². The first-order chi connectivity index (χ1) is 9.04. The lowest BCUT2D eigenvalue weighted by Gasteiger charge is -2.31. The van der Waals surface area contributed by atoms with E-state index in [0.29, 0.717) is 19.0 Å². The van der Waals surface area contributed by atoms with Gasteiger partial charge in [-0.25, -0.2) is 4.79 Å². The molecule has 108 valence electrons. The number of carboxylic acid groups (broad SMARTS) is 1. The van der Waals surface area contributed by atoms with Crippen LogP contribution in [0.25, 0.3) is 0 Å². The Kier molecular flexibility index (Phi) is 4.29. The van der Waals surface area contributed by atoms with Crippen LogP contribution in [0.4, 0.5) is 4.79 Å². The molecule has 6 nitrogen and oxygen atoms in total. The van der Waals surface area contributed by atoms with Crippen LogP contribution in [0.15, 0.2) is 0 Å². The Hall–Kier alpha value is -1.30. The Bertz CT molecular complexity index is 353. The van der Waals surface area contributed by atoms with Crippen LogP contribution in [0.3, 0.4) is 0 Å². The zero-order valence-corrected chi connectivity index (χ0v) is 11.2. The molecule has 1 aliphatic heterocycles. The SMILES string of the molecule is NCC1CCN(C(=O)NC2(CC(=O)O)CCCC2)C1. The van der Waals surface area contributed by atoms with Crippen molar-refractivity contribution < 1.29 is 14.7 Å². The van der Waals surface area contributed by atoms with Gasteiger partial charge in [-0.1, -0.05) is 12.8 Å². The molecule has 1 aliphatic carbocycles. The number of urea groups is 1. The highest BCUT2D eigenvalue weighted by atomic mass is 16.4. The van der Waals surface area contributed by atoms with Gasteiger partial charge in [0.15, 0.2) is 0 Å². The Morgan fingerprint density at radius 2 is 2.05 bits per heavy atom. The first kappa shape index (κ1) is 14.1. The van der Waals surface area contributed by atoms with Gasteiger partial charge in [-0.15, -0.1) is 0 Å². The van der Waals surface area contributed by atoms with Gasteiger partial charge in [0.25, 0.3) is 0 Å². The second-order valence-electron chi connectivity index (χ2n) is 5.82. The van der Waals surface area contributed by atoms with Gasteiger partial charge < -0.3 is 21.1 Å². The van der Waals surface area contributed by atoms with E-state index in [9.17, 15) is 9.59 Å². The molecular formula is C13H23N3O3. The number of nitrogens with one attached hydrogen (secondary N) is 1. The fourth-order valence-electron chi connectivity index (χ4n) is 3.20. The van der Waals surface area contributed by atoms with Crippen LogP contribution in [0.2, 0.25) is 0 Å². The second kappa shape index (κ2) is 5.77. The van der Waals surface area contributed by atoms with Crippen LogP contribution in [0.1, 0.15) is 38.5 Å². The van der Waals surface area contributed by atoms with E-state index in [2.05, 4.69) is 5.32 Å². The summed E-state index contributed by atoms with van der Waals surface area (Å²) in [5, 5.41) is 12.0. The predicted octanol–water partition coefficient (Wildman–Crippen LogP) is 0.764. The molecular weight excluding hydrogens is 246 g/mol. The van der Waals surface area contributed by atoms with Crippen molar-refractivity contribution in [1.29, 1.82) is 0 Å². The summed E-state index contributed by atoms with van der Waals surface area (Å²) in [5.74, 6) is -0.465. The highest BCUT2D eigenvalue weighted by molar-refractivity contribution is 5.77. The maximum absolute atomic E-state index is 12.2. The van der Waals surface area contributed by atoms with E-state index < -0.39 is 11.5 Å². The number of hydrogen-bond donors (Lipinski definition) is 3. The van der Waals surface area contributed by atoms with Gasteiger partial charge in [0.05, 0.1) is 12.0 Å². The van der Waals surface area contributed by atoms with E-state index in [1.54, 1.807) is 4.90 Å². The minimum Gasteiger partial charge on any atom is -0.481 e. The summed E-state index contributed by atoms with van der Waals surface area (Å²) in [5.41, 5.74) is 5.08. The largest absolute Gasteiger partial charge is 0.481 e. The molecule has 1 atom stereocenters. The van der Waals surface area contributed by atoms with Crippen LogP contribution >= 0.6 is 0 Å². The molecule has 2 aliphatic rings. The Labute approximate surface area is 113 Å². The molecule has 0 aromatic rings. The van der Waals surface area contributed by atoms with Crippen molar-refractivity contribution >= 4 is 12.0 Å². The number of rotatable bonds is 4. The highest BCUT2D eigenvalue weighted by Gasteiger charge is 2.39. The molecule has 2 fully saturated rings. The third kappa shape index (κ3) is 3.37. The second-order valence-corrected chi connectivity index (χ2v) is 5.82. The van der Waals surface area contributed by atoms with E-state index in [-0.39, 0.29) is 12.5 Å². The summed E-state index contributed by atoms with van der Waals surface area (Å²) in [6.07, 6.45) is 4.46. The lowest BCUT2D eigenvalue weighted by Crippen LogP contribution is -2.52. The fraction of sp³-hybridized carbons (Fsp3) is 0.846. The van der Waals surface area contributed by atoms with Crippen molar-refractivity contribution in [3.63, 3.8) is 0 Å². The third-order valence-corrected chi connectivity index (χ3v) is 4.33. The number of aliphatic carboxylic acids is 1. The van der Waals surface area contributed by atoms with E-state index in [0.717, 1.165) is 38.6 Å². The lowest BCUT2D eigenvalue weighted by molar-refractivity contribution is -0.138. The van der Waals surface area contributed by atoms with E-state index in [1.165, 1.54) is 0 Å². The smallest absolute Gasteiger partial charge is 0.317 e. The molecule has 1 unspecified atom stereocenters. The molecule has 19 heavy (non-hydrogen) atoms. The molecule has 1 saturated heterocycles. The molecule has 0 radical (unpaired) electrons. The molecule has 0 aromatic heterocycles. The number of nitrogens with two attached hydrogens (primary N) is 1. The van der Waals surface area contributed by atoms with Gasteiger partial charge in [0.2, 0.25) is 0 Å². The number of carbonyl (C=O) groups excluding carboxylic acids is 1. The fourth-order valence-corrected chi connectivity index (χ4v) is 3.20. The number of amides is 2. The zero-order valence-electron chi connectivity index (χ0n) is 11.2. The summed E-state index contributed by atoms with van der Waals surface area (Å²) in [4.78, 5) is 25.0. The minimum absolute atomic E-state index is 0.0207.